The van der Waals surface area contributed by atoms with Crippen LogP contribution in [-0.2, 0) is 4.79 Å². The summed E-state index contributed by atoms with van der Waals surface area (Å²) in [5.74, 6) is -1.78. The van der Waals surface area contributed by atoms with Crippen molar-refractivity contribution in [2.45, 2.75) is 13.3 Å². The monoisotopic (exact) mass is 229 g/mol. The lowest BCUT2D eigenvalue weighted by molar-refractivity contribution is -0.141. The smallest absolute Gasteiger partial charge is 0.308 e. The van der Waals surface area contributed by atoms with Gasteiger partial charge in [0.25, 0.3) is 5.91 Å². The standard InChI is InChI=1S/C8H11N3O3S/c1-2-5(8(13)14)3-9-7(12)6-4-10-11-15-6/h4-5H,2-3H2,1H3,(H,9,12)(H,13,14). The second-order valence-corrected chi connectivity index (χ2v) is 3.72. The molecule has 0 aliphatic heterocycles. The van der Waals surface area contributed by atoms with Crippen LogP contribution < -0.4 is 5.32 Å². The largest absolute Gasteiger partial charge is 0.481 e. The van der Waals surface area contributed by atoms with Gasteiger partial charge in [-0.15, -0.1) is 5.10 Å². The summed E-state index contributed by atoms with van der Waals surface area (Å²) >= 11 is 0.978. The van der Waals surface area contributed by atoms with Gasteiger partial charge >= 0.3 is 5.97 Å². The Bertz CT molecular complexity index is 339. The van der Waals surface area contributed by atoms with Crippen LogP contribution in [0.2, 0.25) is 0 Å². The molecule has 0 aliphatic carbocycles. The van der Waals surface area contributed by atoms with Crippen molar-refractivity contribution in [1.29, 1.82) is 0 Å². The van der Waals surface area contributed by atoms with E-state index in [1.54, 1.807) is 6.92 Å². The first-order chi connectivity index (χ1) is 7.15. The van der Waals surface area contributed by atoms with E-state index < -0.39 is 11.9 Å². The lowest BCUT2D eigenvalue weighted by atomic mass is 10.1. The number of carbonyl (C=O) groups is 2. The Morgan fingerprint density at radius 2 is 2.40 bits per heavy atom. The minimum Gasteiger partial charge on any atom is -0.481 e. The van der Waals surface area contributed by atoms with Gasteiger partial charge in [0.15, 0.2) is 0 Å². The van der Waals surface area contributed by atoms with E-state index in [1.165, 1.54) is 6.20 Å². The normalized spacial score (nSPS) is 12.1. The first-order valence-electron chi connectivity index (χ1n) is 4.43. The quantitative estimate of drug-likeness (QED) is 0.761. The molecule has 82 valence electrons. The SMILES string of the molecule is CCC(CNC(=O)c1cnns1)C(=O)O. The minimum atomic E-state index is -0.903. The zero-order chi connectivity index (χ0) is 11.3. The second kappa shape index (κ2) is 5.40. The number of nitrogens with one attached hydrogen (secondary N) is 1. The van der Waals surface area contributed by atoms with Gasteiger partial charge in [-0.1, -0.05) is 11.4 Å². The van der Waals surface area contributed by atoms with Crippen molar-refractivity contribution >= 4 is 23.4 Å². The van der Waals surface area contributed by atoms with Crippen LogP contribution >= 0.6 is 11.5 Å². The number of carbonyl (C=O) groups excluding carboxylic acids is 1. The van der Waals surface area contributed by atoms with Gasteiger partial charge in [-0.2, -0.15) is 0 Å². The van der Waals surface area contributed by atoms with Crippen LogP contribution in [0.4, 0.5) is 0 Å². The number of carboxylic acids is 1. The minimum absolute atomic E-state index is 0.128. The summed E-state index contributed by atoms with van der Waals surface area (Å²) in [5, 5.41) is 14.8. The molecule has 0 fully saturated rings. The van der Waals surface area contributed by atoms with Crippen LogP contribution in [-0.4, -0.2) is 33.1 Å². The topological polar surface area (TPSA) is 92.2 Å². The van der Waals surface area contributed by atoms with E-state index in [0.717, 1.165) is 11.5 Å². The van der Waals surface area contributed by atoms with Crippen LogP contribution in [0, 0.1) is 5.92 Å². The Hall–Kier alpha value is -1.50. The Labute approximate surface area is 90.5 Å². The molecule has 1 aromatic rings. The molecule has 0 saturated heterocycles. The molecule has 7 heteroatoms. The first kappa shape index (κ1) is 11.6. The highest BCUT2D eigenvalue weighted by molar-refractivity contribution is 7.07. The summed E-state index contributed by atoms with van der Waals surface area (Å²) in [4.78, 5) is 22.4. The number of hydrogen-bond donors (Lipinski definition) is 2. The zero-order valence-electron chi connectivity index (χ0n) is 8.14. The first-order valence-corrected chi connectivity index (χ1v) is 5.20. The lowest BCUT2D eigenvalue weighted by Crippen LogP contribution is -2.32. The van der Waals surface area contributed by atoms with Crippen LogP contribution in [0.1, 0.15) is 23.0 Å². The van der Waals surface area contributed by atoms with Gasteiger partial charge in [-0.05, 0) is 18.0 Å². The van der Waals surface area contributed by atoms with Gasteiger partial charge < -0.3 is 10.4 Å². The summed E-state index contributed by atoms with van der Waals surface area (Å²) in [7, 11) is 0. The highest BCUT2D eigenvalue weighted by atomic mass is 32.1. The fraction of sp³-hybridized carbons (Fsp3) is 0.500. The molecule has 1 aromatic heterocycles. The van der Waals surface area contributed by atoms with Gasteiger partial charge in [0.05, 0.1) is 12.1 Å². The maximum absolute atomic E-state index is 11.4. The number of nitrogens with zero attached hydrogens (tertiary/aromatic N) is 2. The summed E-state index contributed by atoms with van der Waals surface area (Å²) < 4.78 is 3.54. The lowest BCUT2D eigenvalue weighted by Gasteiger charge is -2.09. The summed E-state index contributed by atoms with van der Waals surface area (Å²) in [6, 6.07) is 0. The van der Waals surface area contributed by atoms with Crippen LogP contribution in [0.15, 0.2) is 6.20 Å². The van der Waals surface area contributed by atoms with Crippen molar-refractivity contribution in [2.24, 2.45) is 5.92 Å². The number of amides is 1. The molecule has 1 heterocycles. The molecule has 1 amide bonds. The molecular weight excluding hydrogens is 218 g/mol. The van der Waals surface area contributed by atoms with Crippen LogP contribution in [0.25, 0.3) is 0 Å². The third-order valence-electron chi connectivity index (χ3n) is 1.94. The molecule has 0 radical (unpaired) electrons. The number of rotatable bonds is 5. The van der Waals surface area contributed by atoms with E-state index in [-0.39, 0.29) is 12.5 Å². The Morgan fingerprint density at radius 1 is 1.67 bits per heavy atom. The second-order valence-electron chi connectivity index (χ2n) is 2.94. The third-order valence-corrected chi connectivity index (χ3v) is 2.60. The molecule has 1 atom stereocenters. The molecule has 6 nitrogen and oxygen atoms in total. The van der Waals surface area contributed by atoms with E-state index in [2.05, 4.69) is 14.9 Å². The number of hydrogen-bond acceptors (Lipinski definition) is 5. The molecule has 1 unspecified atom stereocenters. The van der Waals surface area contributed by atoms with Gasteiger partial charge in [-0.3, -0.25) is 9.59 Å². The molecule has 2 N–H and O–H groups in total. The van der Waals surface area contributed by atoms with Crippen molar-refractivity contribution in [2.75, 3.05) is 6.54 Å². The summed E-state index contributed by atoms with van der Waals surface area (Å²) in [5.41, 5.74) is 0. The van der Waals surface area contributed by atoms with Crippen LogP contribution in [0.3, 0.4) is 0 Å². The molecule has 0 spiro atoms. The van der Waals surface area contributed by atoms with Crippen molar-refractivity contribution in [3.8, 4) is 0 Å². The van der Waals surface area contributed by atoms with E-state index in [0.29, 0.717) is 11.3 Å². The van der Waals surface area contributed by atoms with E-state index in [9.17, 15) is 9.59 Å². The Balaban J connectivity index is 2.43. The van der Waals surface area contributed by atoms with Gasteiger partial charge in [0.2, 0.25) is 0 Å². The summed E-state index contributed by atoms with van der Waals surface area (Å²) in [6.07, 6.45) is 1.83. The zero-order valence-corrected chi connectivity index (χ0v) is 8.95. The fourth-order valence-electron chi connectivity index (χ4n) is 0.976. The predicted octanol–water partition coefficient (Wildman–Crippen LogP) is 0.379. The highest BCUT2D eigenvalue weighted by Crippen LogP contribution is 2.04. The van der Waals surface area contributed by atoms with Gasteiger partial charge in [0.1, 0.15) is 4.88 Å². The number of aromatic nitrogens is 2. The molecule has 15 heavy (non-hydrogen) atoms. The maximum atomic E-state index is 11.4. The van der Waals surface area contributed by atoms with Crippen molar-refractivity contribution < 1.29 is 14.7 Å². The highest BCUT2D eigenvalue weighted by Gasteiger charge is 2.17. The number of aliphatic carboxylic acids is 1. The van der Waals surface area contributed by atoms with Crippen LogP contribution in [0.5, 0.6) is 0 Å². The van der Waals surface area contributed by atoms with Crippen molar-refractivity contribution in [1.82, 2.24) is 14.9 Å². The molecule has 0 bridgehead atoms. The fourth-order valence-corrected chi connectivity index (χ4v) is 1.41. The Kier molecular flexibility index (Phi) is 4.17. The van der Waals surface area contributed by atoms with Gasteiger partial charge in [0, 0.05) is 6.54 Å². The van der Waals surface area contributed by atoms with Crippen molar-refractivity contribution in [3.05, 3.63) is 11.1 Å². The Morgan fingerprint density at radius 3 is 2.87 bits per heavy atom. The maximum Gasteiger partial charge on any atom is 0.308 e. The van der Waals surface area contributed by atoms with E-state index in [1.807, 2.05) is 0 Å². The average molecular weight is 229 g/mol. The van der Waals surface area contributed by atoms with Crippen molar-refractivity contribution in [3.63, 3.8) is 0 Å². The number of carboxylic acid groups (broad SMARTS) is 1. The summed E-state index contributed by atoms with van der Waals surface area (Å²) in [6.45, 7) is 1.89. The molecule has 0 aliphatic rings. The molecule has 0 aromatic carbocycles. The third kappa shape index (κ3) is 3.28. The average Bonchev–Trinajstić information content (AvgIpc) is 2.70. The molecule has 0 saturated carbocycles. The molecular formula is C8H11N3O3S. The van der Waals surface area contributed by atoms with E-state index >= 15 is 0 Å². The predicted molar refractivity (Wildman–Crippen MR) is 53.7 cm³/mol. The van der Waals surface area contributed by atoms with E-state index in [4.69, 9.17) is 5.11 Å². The molecule has 1 rings (SSSR count). The van der Waals surface area contributed by atoms with Gasteiger partial charge in [-0.25, -0.2) is 0 Å².